The van der Waals surface area contributed by atoms with Gasteiger partial charge in [-0.05, 0) is 60.4 Å². The summed E-state index contributed by atoms with van der Waals surface area (Å²) in [4.78, 5) is 31.3. The number of piperidine rings is 2. The van der Waals surface area contributed by atoms with Crippen molar-refractivity contribution in [2.24, 2.45) is 11.8 Å². The maximum atomic E-state index is 13.5. The monoisotopic (exact) mass is 502 g/mol. The number of rotatable bonds is 5. The molecule has 10 heteroatoms. The Kier molecular flexibility index (Phi) is 7.81. The molecule has 0 spiro atoms. The van der Waals surface area contributed by atoms with Crippen molar-refractivity contribution in [3.8, 4) is 0 Å². The topological polar surface area (TPSA) is 99.3 Å². The number of hydrogen-bond acceptors (Lipinski definition) is 5. The minimum atomic E-state index is -3.98. The van der Waals surface area contributed by atoms with Crippen molar-refractivity contribution in [1.82, 2.24) is 19.6 Å². The summed E-state index contributed by atoms with van der Waals surface area (Å²) in [7, 11) is -2.62. The van der Waals surface area contributed by atoms with Gasteiger partial charge in [-0.1, -0.05) is 37.3 Å². The zero-order valence-corrected chi connectivity index (χ0v) is 21.2. The summed E-state index contributed by atoms with van der Waals surface area (Å²) in [6.45, 7) is 4.64. The lowest BCUT2D eigenvalue weighted by Crippen LogP contribution is -2.55. The average Bonchev–Trinajstić information content (AvgIpc) is 2.88. The number of nitrogens with zero attached hydrogens (tertiary/aromatic N) is 3. The number of hydrazine groups is 1. The Morgan fingerprint density at radius 3 is 2.26 bits per heavy atom. The predicted octanol–water partition coefficient (Wildman–Crippen LogP) is 3.67. The van der Waals surface area contributed by atoms with Crippen LogP contribution in [-0.2, 0) is 14.8 Å². The zero-order valence-electron chi connectivity index (χ0n) is 20.4. The van der Waals surface area contributed by atoms with Crippen molar-refractivity contribution >= 4 is 32.9 Å². The van der Waals surface area contributed by atoms with Gasteiger partial charge in [0.25, 0.3) is 10.0 Å². The van der Waals surface area contributed by atoms with Crippen molar-refractivity contribution < 1.29 is 22.7 Å². The molecule has 35 heavy (non-hydrogen) atoms. The highest BCUT2D eigenvalue weighted by molar-refractivity contribution is 7.89. The second kappa shape index (κ2) is 10.8. The molecule has 190 valence electrons. The molecular formula is C25H34N4O5S. The van der Waals surface area contributed by atoms with Crippen LogP contribution in [0.4, 0.5) is 9.59 Å². The third-order valence-electron chi connectivity index (χ3n) is 7.03. The summed E-state index contributed by atoms with van der Waals surface area (Å²) in [5, 5.41) is 3.02. The molecule has 9 nitrogen and oxygen atoms in total. The van der Waals surface area contributed by atoms with Crippen molar-refractivity contribution in [2.45, 2.75) is 37.5 Å². The fourth-order valence-electron chi connectivity index (χ4n) is 4.74. The second-order valence-corrected chi connectivity index (χ2v) is 11.2. The molecule has 3 amide bonds. The molecule has 2 saturated heterocycles. The molecule has 2 aromatic carbocycles. The Balaban J connectivity index is 1.52. The van der Waals surface area contributed by atoms with Crippen LogP contribution in [0, 0.1) is 11.8 Å². The van der Waals surface area contributed by atoms with Crippen molar-refractivity contribution in [1.29, 1.82) is 0 Å². The Morgan fingerprint density at radius 2 is 1.60 bits per heavy atom. The van der Waals surface area contributed by atoms with E-state index in [9.17, 15) is 18.0 Å². The van der Waals surface area contributed by atoms with E-state index in [2.05, 4.69) is 11.8 Å². The lowest BCUT2D eigenvalue weighted by atomic mass is 9.97. The number of sulfonamides is 1. The van der Waals surface area contributed by atoms with E-state index in [1.807, 2.05) is 24.3 Å². The first-order valence-electron chi connectivity index (χ1n) is 12.2. The van der Waals surface area contributed by atoms with E-state index in [1.165, 1.54) is 12.1 Å². The van der Waals surface area contributed by atoms with Gasteiger partial charge in [-0.2, -0.15) is 0 Å². The van der Waals surface area contributed by atoms with Crippen molar-refractivity contribution in [2.75, 3.05) is 39.8 Å². The highest BCUT2D eigenvalue weighted by Crippen LogP contribution is 2.23. The molecule has 0 radical (unpaired) electrons. The van der Waals surface area contributed by atoms with Crippen LogP contribution >= 0.6 is 0 Å². The number of urea groups is 1. The van der Waals surface area contributed by atoms with Gasteiger partial charge in [0, 0.05) is 32.7 Å². The predicted molar refractivity (Wildman–Crippen MR) is 133 cm³/mol. The molecule has 0 unspecified atom stereocenters. The molecule has 2 heterocycles. The van der Waals surface area contributed by atoms with Gasteiger partial charge < -0.3 is 14.5 Å². The number of nitrogens with one attached hydrogen (secondary N) is 1. The van der Waals surface area contributed by atoms with E-state index < -0.39 is 10.0 Å². The summed E-state index contributed by atoms with van der Waals surface area (Å²) >= 11 is 0. The number of likely N-dealkylation sites (tertiary alicyclic amines) is 2. The third-order valence-corrected chi connectivity index (χ3v) is 8.37. The first kappa shape index (κ1) is 25.2. The summed E-state index contributed by atoms with van der Waals surface area (Å²) in [6.07, 6.45) is 2.75. The Labute approximate surface area is 207 Å². The molecule has 2 aliphatic rings. The first-order valence-corrected chi connectivity index (χ1v) is 13.7. The van der Waals surface area contributed by atoms with Crippen LogP contribution in [0.15, 0.2) is 47.4 Å². The smallest absolute Gasteiger partial charge is 0.409 e. The highest BCUT2D eigenvalue weighted by atomic mass is 32.2. The number of hydrogen-bond donors (Lipinski definition) is 1. The van der Waals surface area contributed by atoms with E-state index in [0.717, 1.165) is 23.6 Å². The summed E-state index contributed by atoms with van der Waals surface area (Å²) in [5.74, 6) is 0.604. The molecule has 2 fully saturated rings. The maximum Gasteiger partial charge on any atom is 0.409 e. The molecule has 1 N–H and O–H groups in total. The minimum Gasteiger partial charge on any atom is -0.453 e. The Morgan fingerprint density at radius 1 is 0.971 bits per heavy atom. The minimum absolute atomic E-state index is 0.0582. The van der Waals surface area contributed by atoms with Crippen LogP contribution in [0.1, 0.15) is 32.6 Å². The van der Waals surface area contributed by atoms with Gasteiger partial charge in [-0.15, -0.1) is 4.83 Å². The lowest BCUT2D eigenvalue weighted by molar-refractivity contribution is 0.0894. The van der Waals surface area contributed by atoms with E-state index >= 15 is 0 Å². The fraction of sp³-hybridized carbons (Fsp3) is 0.520. The molecule has 0 atom stereocenters. The molecule has 2 aromatic rings. The van der Waals surface area contributed by atoms with Gasteiger partial charge in [-0.3, -0.25) is 0 Å². The van der Waals surface area contributed by atoms with Crippen LogP contribution in [0.3, 0.4) is 0 Å². The fourth-order valence-corrected chi connectivity index (χ4v) is 5.82. The SMILES string of the molecule is COC(=O)N1CCC(CN(NS(=O)(=O)c2ccc3ccccc3c2)C(=O)N2CCC(C)CC2)CC1. The average molecular weight is 503 g/mol. The van der Waals surface area contributed by atoms with Gasteiger partial charge in [0.15, 0.2) is 0 Å². The van der Waals surface area contributed by atoms with E-state index in [-0.39, 0.29) is 29.5 Å². The van der Waals surface area contributed by atoms with Gasteiger partial charge in [0.05, 0.1) is 12.0 Å². The molecule has 4 rings (SSSR count). The number of ether oxygens (including phenoxy) is 1. The van der Waals surface area contributed by atoms with Crippen LogP contribution in [-0.4, -0.2) is 75.2 Å². The van der Waals surface area contributed by atoms with Gasteiger partial charge in [0.1, 0.15) is 0 Å². The number of methoxy groups -OCH3 is 1. The first-order chi connectivity index (χ1) is 16.8. The van der Waals surface area contributed by atoms with E-state index in [1.54, 1.807) is 28.0 Å². The quantitative estimate of drug-likeness (QED) is 0.629. The summed E-state index contributed by atoms with van der Waals surface area (Å²) < 4.78 is 31.5. The van der Waals surface area contributed by atoms with E-state index in [0.29, 0.717) is 44.9 Å². The second-order valence-electron chi connectivity index (χ2n) is 9.57. The standard InChI is InChI=1S/C25H34N4O5S/c1-19-9-13-27(14-10-19)24(30)29(18-20-11-15-28(16-12-20)25(31)34-2)26-35(32,33)23-8-7-21-5-3-4-6-22(21)17-23/h3-8,17,19-20,26H,9-16,18H2,1-2H3. The van der Waals surface area contributed by atoms with Gasteiger partial charge in [-0.25, -0.2) is 23.0 Å². The number of carbonyl (C=O) groups is 2. The van der Waals surface area contributed by atoms with Gasteiger partial charge in [0.2, 0.25) is 0 Å². The molecule has 2 aliphatic heterocycles. The number of amides is 3. The number of benzene rings is 2. The number of fused-ring (bicyclic) bond motifs is 1. The molecule has 0 aliphatic carbocycles. The normalized spacial score (nSPS) is 18.0. The molecule has 0 bridgehead atoms. The van der Waals surface area contributed by atoms with Crippen LogP contribution in [0.5, 0.6) is 0 Å². The van der Waals surface area contributed by atoms with Gasteiger partial charge >= 0.3 is 12.1 Å². The number of carbonyl (C=O) groups excluding carboxylic acids is 2. The molecular weight excluding hydrogens is 468 g/mol. The summed E-state index contributed by atoms with van der Waals surface area (Å²) in [5.41, 5.74) is 0. The van der Waals surface area contributed by atoms with Crippen molar-refractivity contribution in [3.05, 3.63) is 42.5 Å². The molecule has 0 aromatic heterocycles. The molecule has 0 saturated carbocycles. The Hall–Kier alpha value is -2.85. The van der Waals surface area contributed by atoms with Crippen LogP contribution in [0.25, 0.3) is 10.8 Å². The van der Waals surface area contributed by atoms with Crippen LogP contribution in [0.2, 0.25) is 0 Å². The third kappa shape index (κ3) is 6.05. The Bertz CT molecular complexity index is 1160. The maximum absolute atomic E-state index is 13.5. The summed E-state index contributed by atoms with van der Waals surface area (Å²) in [6, 6.07) is 12.2. The highest BCUT2D eigenvalue weighted by Gasteiger charge is 2.32. The van der Waals surface area contributed by atoms with Crippen molar-refractivity contribution in [3.63, 3.8) is 0 Å². The van der Waals surface area contributed by atoms with E-state index in [4.69, 9.17) is 4.74 Å². The zero-order chi connectivity index (χ0) is 25.0. The van der Waals surface area contributed by atoms with Crippen LogP contribution < -0.4 is 4.83 Å². The largest absolute Gasteiger partial charge is 0.453 e. The lowest BCUT2D eigenvalue weighted by Gasteiger charge is -2.37.